The number of hydrogen-bond acceptors (Lipinski definition) is 8. The lowest BCUT2D eigenvalue weighted by Gasteiger charge is -2.25. The minimum Gasteiger partial charge on any atom is -0.480 e. The number of carbonyl (C=O) groups is 1. The van der Waals surface area contributed by atoms with Crippen molar-refractivity contribution in [3.8, 4) is 0 Å². The highest BCUT2D eigenvalue weighted by atomic mass is 31.2. The number of carboxylic acid groups (broad SMARTS) is 1. The zero-order chi connectivity index (χ0) is 21.6. The normalized spacial score (nSPS) is 31.2. The van der Waals surface area contributed by atoms with E-state index in [1.165, 1.54) is 13.1 Å². The molecule has 1 aromatic heterocycles. The summed E-state index contributed by atoms with van der Waals surface area (Å²) < 4.78 is 35.5. The summed E-state index contributed by atoms with van der Waals surface area (Å²) in [7, 11) is -4.45. The highest BCUT2D eigenvalue weighted by Gasteiger charge is 2.56. The van der Waals surface area contributed by atoms with Crippen LogP contribution in [-0.4, -0.2) is 62.3 Å². The number of nitrogens with one attached hydrogen (secondary N) is 2. The van der Waals surface area contributed by atoms with Crippen LogP contribution in [-0.2, 0) is 28.1 Å². The van der Waals surface area contributed by atoms with Crippen LogP contribution in [0.2, 0.25) is 0 Å². The third-order valence-corrected chi connectivity index (χ3v) is 5.60. The summed E-state index contributed by atoms with van der Waals surface area (Å²) in [6, 6.07) is -0.176. The number of aromatic amines is 1. The molecule has 0 spiro atoms. The second-order valence-corrected chi connectivity index (χ2v) is 8.71. The van der Waals surface area contributed by atoms with Crippen LogP contribution in [0.3, 0.4) is 0 Å². The molecule has 4 N–H and O–H groups in total. The van der Waals surface area contributed by atoms with Crippen molar-refractivity contribution in [1.29, 1.82) is 0 Å². The molecule has 0 aliphatic carbocycles. The molecular formula is C15H22N3O10P. The van der Waals surface area contributed by atoms with E-state index in [4.69, 9.17) is 23.8 Å². The standard InChI is InChI=1S/C15H22N3O10P/c1-7(13(20)21)17-29(23,24)25-6-8-10-11(28-15(2,3)27-10)12(26-8)18-5-4-9(19)16-14(18)22/h4-5,7-8,10-12H,6H2,1-3H3,(H,20,21)(H,16,19,22)(H2,17,23,24)/t7-,8-,10-,11-,12-/m1/s1. The van der Waals surface area contributed by atoms with E-state index in [1.54, 1.807) is 13.8 Å². The van der Waals surface area contributed by atoms with Crippen LogP contribution in [0.4, 0.5) is 0 Å². The molecule has 0 bridgehead atoms. The second kappa shape index (κ2) is 7.76. The fourth-order valence-corrected chi connectivity index (χ4v) is 4.18. The second-order valence-electron chi connectivity index (χ2n) is 7.15. The molecule has 2 fully saturated rings. The summed E-state index contributed by atoms with van der Waals surface area (Å²) in [5.41, 5.74) is -1.30. The highest BCUT2D eigenvalue weighted by Crippen LogP contribution is 2.45. The Hall–Kier alpha value is -1.86. The monoisotopic (exact) mass is 435 g/mol. The zero-order valence-corrected chi connectivity index (χ0v) is 16.7. The minimum atomic E-state index is -4.45. The molecule has 2 aliphatic heterocycles. The first-order valence-corrected chi connectivity index (χ1v) is 10.3. The van der Waals surface area contributed by atoms with Gasteiger partial charge in [0.25, 0.3) is 5.56 Å². The maximum absolute atomic E-state index is 12.1. The van der Waals surface area contributed by atoms with Crippen LogP contribution < -0.4 is 16.3 Å². The minimum absolute atomic E-state index is 0.442. The molecule has 162 valence electrons. The van der Waals surface area contributed by atoms with Crippen LogP contribution in [0.25, 0.3) is 0 Å². The first kappa shape index (κ1) is 21.8. The largest absolute Gasteiger partial charge is 0.480 e. The summed E-state index contributed by atoms with van der Waals surface area (Å²) in [6.45, 7) is 4.06. The Morgan fingerprint density at radius 1 is 1.41 bits per heavy atom. The van der Waals surface area contributed by atoms with Gasteiger partial charge < -0.3 is 24.2 Å². The van der Waals surface area contributed by atoms with Crippen molar-refractivity contribution in [1.82, 2.24) is 14.6 Å². The zero-order valence-electron chi connectivity index (χ0n) is 15.8. The molecule has 0 amide bonds. The Morgan fingerprint density at radius 2 is 2.07 bits per heavy atom. The lowest BCUT2D eigenvalue weighted by molar-refractivity contribution is -0.200. The molecule has 3 heterocycles. The lowest BCUT2D eigenvalue weighted by atomic mass is 10.1. The van der Waals surface area contributed by atoms with Crippen molar-refractivity contribution in [3.05, 3.63) is 33.1 Å². The topological polar surface area (TPSA) is 178 Å². The van der Waals surface area contributed by atoms with E-state index in [0.29, 0.717) is 0 Å². The molecule has 1 unspecified atom stereocenters. The van der Waals surface area contributed by atoms with Gasteiger partial charge in [-0.15, -0.1) is 0 Å². The molecule has 6 atom stereocenters. The number of carboxylic acids is 1. The summed E-state index contributed by atoms with van der Waals surface area (Å²) in [4.78, 5) is 46.2. The number of aromatic nitrogens is 2. The van der Waals surface area contributed by atoms with Crippen LogP contribution in [0, 0.1) is 0 Å². The van der Waals surface area contributed by atoms with E-state index in [-0.39, 0.29) is 0 Å². The average Bonchev–Trinajstić information content (AvgIpc) is 3.06. The molecule has 0 saturated carbocycles. The van der Waals surface area contributed by atoms with E-state index in [9.17, 15) is 23.8 Å². The summed E-state index contributed by atoms with van der Waals surface area (Å²) in [5.74, 6) is -2.34. The van der Waals surface area contributed by atoms with E-state index >= 15 is 0 Å². The van der Waals surface area contributed by atoms with E-state index < -0.39 is 67.9 Å². The van der Waals surface area contributed by atoms with Crippen molar-refractivity contribution in [2.75, 3.05) is 6.61 Å². The van der Waals surface area contributed by atoms with E-state index in [1.807, 2.05) is 5.09 Å². The van der Waals surface area contributed by atoms with Gasteiger partial charge in [0.05, 0.1) is 6.61 Å². The van der Waals surface area contributed by atoms with Crippen LogP contribution >= 0.6 is 7.75 Å². The molecule has 2 saturated heterocycles. The highest BCUT2D eigenvalue weighted by molar-refractivity contribution is 7.50. The third-order valence-electron chi connectivity index (χ3n) is 4.39. The van der Waals surface area contributed by atoms with Crippen molar-refractivity contribution in [2.24, 2.45) is 0 Å². The molecule has 1 aromatic rings. The number of nitrogens with zero attached hydrogens (tertiary/aromatic N) is 1. The SMILES string of the molecule is C[C@@H](NP(=O)(O)OC[C@H]1O[C@@H](n2ccc(=O)[nH]c2=O)[C@@H]2OC(C)(C)O[C@@H]21)C(=O)O. The smallest absolute Gasteiger partial charge is 0.403 e. The maximum Gasteiger partial charge on any atom is 0.403 e. The first-order valence-electron chi connectivity index (χ1n) is 8.69. The van der Waals surface area contributed by atoms with Gasteiger partial charge in [-0.3, -0.25) is 23.7 Å². The number of ether oxygens (including phenoxy) is 3. The van der Waals surface area contributed by atoms with Gasteiger partial charge >= 0.3 is 19.4 Å². The molecule has 0 radical (unpaired) electrons. The lowest BCUT2D eigenvalue weighted by Crippen LogP contribution is -2.37. The maximum atomic E-state index is 12.1. The quantitative estimate of drug-likeness (QED) is 0.391. The van der Waals surface area contributed by atoms with Crippen molar-refractivity contribution >= 4 is 13.7 Å². The number of rotatable bonds is 7. The van der Waals surface area contributed by atoms with Crippen LogP contribution in [0.1, 0.15) is 27.0 Å². The van der Waals surface area contributed by atoms with Crippen LogP contribution in [0.5, 0.6) is 0 Å². The van der Waals surface area contributed by atoms with Gasteiger partial charge in [0.2, 0.25) is 0 Å². The van der Waals surface area contributed by atoms with Gasteiger partial charge in [-0.25, -0.2) is 14.4 Å². The summed E-state index contributed by atoms with van der Waals surface area (Å²) in [6.07, 6.45) is -2.15. The van der Waals surface area contributed by atoms with Gasteiger partial charge in [-0.2, -0.15) is 0 Å². The Morgan fingerprint density at radius 3 is 2.69 bits per heavy atom. The number of H-pyrrole nitrogens is 1. The van der Waals surface area contributed by atoms with Crippen molar-refractivity contribution in [2.45, 2.75) is 57.1 Å². The van der Waals surface area contributed by atoms with Gasteiger partial charge in [-0.1, -0.05) is 0 Å². The molecule has 0 aromatic carbocycles. The Bertz CT molecular complexity index is 943. The van der Waals surface area contributed by atoms with Crippen molar-refractivity contribution < 1.29 is 38.1 Å². The fourth-order valence-electron chi connectivity index (χ4n) is 3.16. The fraction of sp³-hybridized carbons (Fsp3) is 0.667. The average molecular weight is 435 g/mol. The van der Waals surface area contributed by atoms with Crippen molar-refractivity contribution in [3.63, 3.8) is 0 Å². The predicted molar refractivity (Wildman–Crippen MR) is 95.1 cm³/mol. The molecular weight excluding hydrogens is 413 g/mol. The summed E-state index contributed by atoms with van der Waals surface area (Å²) in [5, 5.41) is 10.8. The molecule has 13 nitrogen and oxygen atoms in total. The molecule has 29 heavy (non-hydrogen) atoms. The summed E-state index contributed by atoms with van der Waals surface area (Å²) >= 11 is 0. The van der Waals surface area contributed by atoms with Gasteiger partial charge in [0.15, 0.2) is 12.0 Å². The Labute approximate surface area is 164 Å². The third kappa shape index (κ3) is 4.83. The van der Waals surface area contributed by atoms with Gasteiger partial charge in [-0.05, 0) is 20.8 Å². The molecule has 3 rings (SSSR count). The predicted octanol–water partition coefficient (Wildman–Crippen LogP) is -0.866. The van der Waals surface area contributed by atoms with Gasteiger partial charge in [0, 0.05) is 12.3 Å². The molecule has 2 aliphatic rings. The van der Waals surface area contributed by atoms with Gasteiger partial charge in [0.1, 0.15) is 24.4 Å². The van der Waals surface area contributed by atoms with E-state index in [2.05, 4.69) is 4.98 Å². The van der Waals surface area contributed by atoms with Crippen LogP contribution in [0.15, 0.2) is 21.9 Å². The number of aliphatic carboxylic acids is 1. The Kier molecular flexibility index (Phi) is 5.84. The molecule has 14 heteroatoms. The number of hydrogen-bond donors (Lipinski definition) is 4. The first-order chi connectivity index (χ1) is 13.4. The van der Waals surface area contributed by atoms with E-state index in [0.717, 1.165) is 10.6 Å². The Balaban J connectivity index is 1.77. The number of fused-ring (bicyclic) bond motifs is 1.